The van der Waals surface area contributed by atoms with Crippen LogP contribution in [-0.4, -0.2) is 41.5 Å². The van der Waals surface area contributed by atoms with Crippen LogP contribution in [0.4, 0.5) is 15.9 Å². The largest absolute Gasteiger partial charge is 0.454 e. The Morgan fingerprint density at radius 2 is 1.94 bits per heavy atom. The van der Waals surface area contributed by atoms with Gasteiger partial charge in [0.2, 0.25) is 0 Å². The first-order valence-electron chi connectivity index (χ1n) is 9.87. The first-order valence-corrected chi connectivity index (χ1v) is 10.7. The first-order chi connectivity index (χ1) is 15.3. The number of fused-ring (bicyclic) bond motifs is 1. The minimum atomic E-state index is -0.633. The molecule has 32 heavy (non-hydrogen) atoms. The van der Waals surface area contributed by atoms with E-state index in [0.29, 0.717) is 17.3 Å². The van der Waals surface area contributed by atoms with E-state index in [4.69, 9.17) is 10.00 Å². The number of hydrogen-bond acceptors (Lipinski definition) is 8. The third-order valence-electron chi connectivity index (χ3n) is 4.78. The summed E-state index contributed by atoms with van der Waals surface area (Å²) in [6.07, 6.45) is 0.0844. The molecule has 10 heteroatoms. The van der Waals surface area contributed by atoms with Crippen molar-refractivity contribution in [2.45, 2.75) is 27.2 Å². The number of nitriles is 1. The fraction of sp³-hybridized carbons (Fsp3) is 0.318. The number of esters is 1. The number of aromatic nitrogens is 2. The van der Waals surface area contributed by atoms with Crippen molar-refractivity contribution in [2.75, 3.05) is 29.9 Å². The summed E-state index contributed by atoms with van der Waals surface area (Å²) >= 11 is 1.56. The Labute approximate surface area is 188 Å². The molecule has 1 aromatic carbocycles. The molecule has 0 spiro atoms. The Morgan fingerprint density at radius 3 is 2.62 bits per heavy atom. The van der Waals surface area contributed by atoms with Gasteiger partial charge in [0.25, 0.3) is 5.91 Å². The molecular weight excluding hydrogens is 433 g/mol. The standard InChI is InChI=1S/C22H22FN5O3S/c1-13-14(2)32-22-20(13)21(26-15(3)27-22)25-11-19(30)31-12-18(29)28(10-4-9-24)17-7-5-16(23)6-8-17/h5-8H,4,10-12H2,1-3H3,(H,25,26,27). The second-order valence-corrected chi connectivity index (χ2v) is 8.23. The van der Waals surface area contributed by atoms with Crippen LogP contribution in [0, 0.1) is 37.9 Å². The van der Waals surface area contributed by atoms with Gasteiger partial charge in [-0.2, -0.15) is 5.26 Å². The topological polar surface area (TPSA) is 108 Å². The van der Waals surface area contributed by atoms with Gasteiger partial charge in [-0.3, -0.25) is 9.59 Å². The fourth-order valence-corrected chi connectivity index (χ4v) is 4.17. The van der Waals surface area contributed by atoms with Crippen LogP contribution in [0.5, 0.6) is 0 Å². The molecule has 0 saturated heterocycles. The molecule has 166 valence electrons. The van der Waals surface area contributed by atoms with Gasteiger partial charge in [-0.15, -0.1) is 11.3 Å². The second-order valence-electron chi connectivity index (χ2n) is 7.03. The van der Waals surface area contributed by atoms with Crippen LogP contribution < -0.4 is 10.2 Å². The zero-order valence-corrected chi connectivity index (χ0v) is 18.8. The highest BCUT2D eigenvalue weighted by Gasteiger charge is 2.19. The Hall–Kier alpha value is -3.58. The smallest absolute Gasteiger partial charge is 0.325 e. The number of carbonyl (C=O) groups is 2. The van der Waals surface area contributed by atoms with Gasteiger partial charge in [-0.1, -0.05) is 0 Å². The summed E-state index contributed by atoms with van der Waals surface area (Å²) in [6, 6.07) is 7.27. The molecule has 3 rings (SSSR count). The van der Waals surface area contributed by atoms with E-state index in [-0.39, 0.29) is 19.5 Å². The minimum Gasteiger partial charge on any atom is -0.454 e. The summed E-state index contributed by atoms with van der Waals surface area (Å²) in [7, 11) is 0. The number of ether oxygens (including phenoxy) is 1. The maximum absolute atomic E-state index is 13.2. The van der Waals surface area contributed by atoms with Crippen molar-refractivity contribution in [3.63, 3.8) is 0 Å². The fourth-order valence-electron chi connectivity index (χ4n) is 3.09. The zero-order chi connectivity index (χ0) is 23.3. The van der Waals surface area contributed by atoms with Crippen LogP contribution in [0.15, 0.2) is 24.3 Å². The van der Waals surface area contributed by atoms with Crippen LogP contribution in [0.25, 0.3) is 10.2 Å². The Balaban J connectivity index is 1.62. The number of halogens is 1. The molecule has 0 atom stereocenters. The summed E-state index contributed by atoms with van der Waals surface area (Å²) in [5.41, 5.74) is 1.46. The molecule has 0 unspecified atom stereocenters. The van der Waals surface area contributed by atoms with E-state index in [1.165, 1.54) is 29.2 Å². The van der Waals surface area contributed by atoms with Crippen LogP contribution in [0.1, 0.15) is 22.7 Å². The molecule has 2 heterocycles. The van der Waals surface area contributed by atoms with Crippen LogP contribution in [-0.2, 0) is 14.3 Å². The molecule has 8 nitrogen and oxygen atoms in total. The van der Waals surface area contributed by atoms with E-state index >= 15 is 0 Å². The second kappa shape index (κ2) is 10.2. The highest BCUT2D eigenvalue weighted by atomic mass is 32.1. The average Bonchev–Trinajstić information content (AvgIpc) is 3.05. The molecule has 0 aliphatic carbocycles. The van der Waals surface area contributed by atoms with Gasteiger partial charge in [-0.25, -0.2) is 14.4 Å². The van der Waals surface area contributed by atoms with E-state index in [1.54, 1.807) is 18.3 Å². The van der Waals surface area contributed by atoms with Crippen LogP contribution >= 0.6 is 11.3 Å². The highest BCUT2D eigenvalue weighted by molar-refractivity contribution is 7.18. The maximum Gasteiger partial charge on any atom is 0.325 e. The number of thiophene rings is 1. The molecular formula is C22H22FN5O3S. The highest BCUT2D eigenvalue weighted by Crippen LogP contribution is 2.33. The van der Waals surface area contributed by atoms with Crippen molar-refractivity contribution < 1.29 is 18.7 Å². The molecule has 0 bridgehead atoms. The lowest BCUT2D eigenvalue weighted by Gasteiger charge is -2.21. The van der Waals surface area contributed by atoms with Gasteiger partial charge in [0.15, 0.2) is 6.61 Å². The number of aryl methyl sites for hydroxylation is 3. The molecule has 0 radical (unpaired) electrons. The minimum absolute atomic E-state index is 0.0844. The molecule has 0 saturated carbocycles. The molecule has 0 aliphatic rings. The van der Waals surface area contributed by atoms with Gasteiger partial charge < -0.3 is 15.0 Å². The average molecular weight is 456 g/mol. The quantitative estimate of drug-likeness (QED) is 0.517. The third kappa shape index (κ3) is 5.36. The van der Waals surface area contributed by atoms with E-state index < -0.39 is 24.3 Å². The summed E-state index contributed by atoms with van der Waals surface area (Å²) in [4.78, 5) is 36.9. The van der Waals surface area contributed by atoms with E-state index in [2.05, 4.69) is 15.3 Å². The summed E-state index contributed by atoms with van der Waals surface area (Å²) in [5.74, 6) is -0.461. The summed E-state index contributed by atoms with van der Waals surface area (Å²) < 4.78 is 18.3. The number of rotatable bonds is 8. The van der Waals surface area contributed by atoms with Crippen molar-refractivity contribution >= 4 is 44.9 Å². The first kappa shape index (κ1) is 23.1. The van der Waals surface area contributed by atoms with Crippen molar-refractivity contribution in [1.82, 2.24) is 9.97 Å². The number of nitrogens with zero attached hydrogens (tertiary/aromatic N) is 4. The maximum atomic E-state index is 13.2. The number of amides is 1. The lowest BCUT2D eigenvalue weighted by atomic mass is 10.2. The number of hydrogen-bond donors (Lipinski definition) is 1. The van der Waals surface area contributed by atoms with Crippen molar-refractivity contribution in [3.8, 4) is 6.07 Å². The van der Waals surface area contributed by atoms with Crippen LogP contribution in [0.2, 0.25) is 0 Å². The van der Waals surface area contributed by atoms with E-state index in [9.17, 15) is 14.0 Å². The SMILES string of the molecule is Cc1nc(NCC(=O)OCC(=O)N(CCC#N)c2ccc(F)cc2)c2c(C)c(C)sc2n1. The number of nitrogens with one attached hydrogen (secondary N) is 1. The molecule has 0 aliphatic heterocycles. The third-order valence-corrected chi connectivity index (χ3v) is 5.88. The van der Waals surface area contributed by atoms with Gasteiger partial charge in [0.05, 0.1) is 17.9 Å². The van der Waals surface area contributed by atoms with E-state index in [1.807, 2.05) is 19.9 Å². The lowest BCUT2D eigenvalue weighted by molar-refractivity contribution is -0.146. The van der Waals surface area contributed by atoms with E-state index in [0.717, 1.165) is 20.7 Å². The summed E-state index contributed by atoms with van der Waals surface area (Å²) in [5, 5.41) is 12.7. The predicted octanol–water partition coefficient (Wildman–Crippen LogP) is 3.66. The van der Waals surface area contributed by atoms with Gasteiger partial charge >= 0.3 is 5.97 Å². The normalized spacial score (nSPS) is 10.6. The lowest BCUT2D eigenvalue weighted by Crippen LogP contribution is -2.36. The molecule has 2 aromatic heterocycles. The van der Waals surface area contributed by atoms with Crippen molar-refractivity contribution in [1.29, 1.82) is 5.26 Å². The van der Waals surface area contributed by atoms with Crippen molar-refractivity contribution in [2.24, 2.45) is 0 Å². The number of carbonyl (C=O) groups excluding carboxylic acids is 2. The van der Waals surface area contributed by atoms with Crippen molar-refractivity contribution in [3.05, 3.63) is 46.3 Å². The molecule has 0 fully saturated rings. The Bertz CT molecular complexity index is 1190. The van der Waals surface area contributed by atoms with Crippen LogP contribution in [0.3, 0.4) is 0 Å². The molecule has 3 aromatic rings. The zero-order valence-electron chi connectivity index (χ0n) is 17.9. The molecule has 1 N–H and O–H groups in total. The number of benzene rings is 1. The Kier molecular flexibility index (Phi) is 7.33. The summed E-state index contributed by atoms with van der Waals surface area (Å²) in [6.45, 7) is 5.17. The predicted molar refractivity (Wildman–Crippen MR) is 120 cm³/mol. The molecule has 1 amide bonds. The van der Waals surface area contributed by atoms with Gasteiger partial charge in [-0.05, 0) is 50.6 Å². The Morgan fingerprint density at radius 1 is 1.22 bits per heavy atom. The van der Waals surface area contributed by atoms with Gasteiger partial charge in [0, 0.05) is 17.1 Å². The van der Waals surface area contributed by atoms with Gasteiger partial charge in [0.1, 0.15) is 28.8 Å². The monoisotopic (exact) mass is 455 g/mol. The number of anilines is 2.